The number of rotatable bonds is 5. The fraction of sp³-hybridized carbons (Fsp3) is 0.650. The molecule has 5 nitrogen and oxygen atoms in total. The van der Waals surface area contributed by atoms with Crippen molar-refractivity contribution in [1.29, 1.82) is 0 Å². The Morgan fingerprint density at radius 3 is 2.21 bits per heavy atom. The molecule has 0 bridgehead atoms. The molecule has 1 aromatic carbocycles. The summed E-state index contributed by atoms with van der Waals surface area (Å²) in [5.74, 6) is 1.60. The number of methoxy groups -OCH3 is 1. The SMILES string of the molecule is CN=C(NCC1(c2ccc(OC)cc2)CC1)N1CCN(C(C)C(F)(F)F)CC1.I. The Balaban J connectivity index is 0.00000300. The van der Waals surface area contributed by atoms with Crippen LogP contribution in [0.15, 0.2) is 29.3 Å². The summed E-state index contributed by atoms with van der Waals surface area (Å²) in [5.41, 5.74) is 1.38. The van der Waals surface area contributed by atoms with E-state index < -0.39 is 12.2 Å². The quantitative estimate of drug-likeness (QED) is 0.363. The monoisotopic (exact) mass is 526 g/mol. The molecular formula is C20H30F3IN4O. The number of aliphatic imine (C=N–C) groups is 1. The van der Waals surface area contributed by atoms with Crippen molar-refractivity contribution in [1.82, 2.24) is 15.1 Å². The molecule has 0 radical (unpaired) electrons. The van der Waals surface area contributed by atoms with Crippen molar-refractivity contribution >= 4 is 29.9 Å². The molecule has 1 saturated heterocycles. The normalized spacial score (nSPS) is 20.6. The maximum absolute atomic E-state index is 12.9. The summed E-state index contributed by atoms with van der Waals surface area (Å²) < 4.78 is 44.0. The fourth-order valence-corrected chi connectivity index (χ4v) is 3.77. The largest absolute Gasteiger partial charge is 0.497 e. The number of hydrogen-bond donors (Lipinski definition) is 1. The Bertz CT molecular complexity index is 684. The van der Waals surface area contributed by atoms with E-state index in [-0.39, 0.29) is 29.4 Å². The molecule has 1 unspecified atom stereocenters. The van der Waals surface area contributed by atoms with Gasteiger partial charge in [-0.05, 0) is 37.5 Å². The van der Waals surface area contributed by atoms with Gasteiger partial charge in [-0.15, -0.1) is 24.0 Å². The van der Waals surface area contributed by atoms with E-state index in [1.807, 2.05) is 17.0 Å². The predicted molar refractivity (Wildman–Crippen MR) is 119 cm³/mol. The van der Waals surface area contributed by atoms with Gasteiger partial charge in [-0.2, -0.15) is 13.2 Å². The Morgan fingerprint density at radius 2 is 1.76 bits per heavy atom. The molecule has 2 aliphatic rings. The van der Waals surface area contributed by atoms with Crippen LogP contribution in [-0.2, 0) is 5.41 Å². The molecule has 29 heavy (non-hydrogen) atoms. The number of nitrogens with zero attached hydrogens (tertiary/aromatic N) is 3. The van der Waals surface area contributed by atoms with Crippen molar-refractivity contribution in [3.8, 4) is 5.75 Å². The lowest BCUT2D eigenvalue weighted by atomic mass is 9.96. The fourth-order valence-electron chi connectivity index (χ4n) is 3.77. The van der Waals surface area contributed by atoms with Crippen LogP contribution in [0, 0.1) is 0 Å². The van der Waals surface area contributed by atoms with Crippen LogP contribution in [-0.4, -0.2) is 74.9 Å². The van der Waals surface area contributed by atoms with Gasteiger partial charge < -0.3 is 15.0 Å². The van der Waals surface area contributed by atoms with Crippen LogP contribution < -0.4 is 10.1 Å². The molecule has 2 fully saturated rings. The molecule has 1 heterocycles. The highest BCUT2D eigenvalue weighted by Crippen LogP contribution is 2.47. The highest BCUT2D eigenvalue weighted by Gasteiger charge is 2.45. The summed E-state index contributed by atoms with van der Waals surface area (Å²) >= 11 is 0. The van der Waals surface area contributed by atoms with Crippen LogP contribution in [0.1, 0.15) is 25.3 Å². The van der Waals surface area contributed by atoms with Crippen LogP contribution in [0.4, 0.5) is 13.2 Å². The van der Waals surface area contributed by atoms with Crippen LogP contribution in [0.25, 0.3) is 0 Å². The topological polar surface area (TPSA) is 40.1 Å². The molecule has 0 aromatic heterocycles. The Kier molecular flexibility index (Phi) is 8.06. The molecule has 3 rings (SSSR count). The molecule has 1 saturated carbocycles. The highest BCUT2D eigenvalue weighted by atomic mass is 127. The zero-order chi connectivity index (χ0) is 20.4. The van der Waals surface area contributed by atoms with Crippen LogP contribution in [0.3, 0.4) is 0 Å². The van der Waals surface area contributed by atoms with E-state index in [0.29, 0.717) is 26.2 Å². The van der Waals surface area contributed by atoms with Crippen LogP contribution in [0.2, 0.25) is 0 Å². The number of alkyl halides is 3. The third-order valence-corrected chi connectivity index (χ3v) is 5.99. The third kappa shape index (κ3) is 5.68. The first-order valence-electron chi connectivity index (χ1n) is 9.70. The van der Waals surface area contributed by atoms with E-state index in [1.54, 1.807) is 14.2 Å². The maximum atomic E-state index is 12.9. The first kappa shape index (κ1) is 24.0. The van der Waals surface area contributed by atoms with Crippen molar-refractivity contribution < 1.29 is 17.9 Å². The van der Waals surface area contributed by atoms with Gasteiger partial charge in [0.25, 0.3) is 0 Å². The van der Waals surface area contributed by atoms with Crippen molar-refractivity contribution in [2.45, 2.75) is 37.4 Å². The van der Waals surface area contributed by atoms with Crippen LogP contribution in [0.5, 0.6) is 5.75 Å². The van der Waals surface area contributed by atoms with Crippen molar-refractivity contribution in [3.63, 3.8) is 0 Å². The second-order valence-corrected chi connectivity index (χ2v) is 7.65. The van der Waals surface area contributed by atoms with E-state index in [2.05, 4.69) is 22.4 Å². The summed E-state index contributed by atoms with van der Waals surface area (Å²) in [7, 11) is 3.38. The number of halogens is 4. The van der Waals surface area contributed by atoms with Gasteiger partial charge in [-0.1, -0.05) is 12.1 Å². The summed E-state index contributed by atoms with van der Waals surface area (Å²) in [6.07, 6.45) is -1.96. The Hall–Kier alpha value is -1.23. The number of piperazine rings is 1. The molecule has 0 spiro atoms. The minimum absolute atomic E-state index is 0. The van der Waals surface area contributed by atoms with Gasteiger partial charge in [-0.25, -0.2) is 0 Å². The minimum Gasteiger partial charge on any atom is -0.497 e. The van der Waals surface area contributed by atoms with Crippen molar-refractivity contribution in [2.24, 2.45) is 4.99 Å². The molecule has 1 aliphatic carbocycles. The van der Waals surface area contributed by atoms with Gasteiger partial charge in [0.15, 0.2) is 5.96 Å². The van der Waals surface area contributed by atoms with Crippen molar-refractivity contribution in [3.05, 3.63) is 29.8 Å². The van der Waals surface area contributed by atoms with E-state index in [1.165, 1.54) is 17.4 Å². The number of benzene rings is 1. The predicted octanol–water partition coefficient (Wildman–Crippen LogP) is 3.49. The molecule has 1 atom stereocenters. The minimum atomic E-state index is -4.18. The van der Waals surface area contributed by atoms with E-state index in [9.17, 15) is 13.2 Å². The second kappa shape index (κ2) is 9.72. The molecule has 164 valence electrons. The zero-order valence-corrected chi connectivity index (χ0v) is 19.5. The molecule has 9 heteroatoms. The van der Waals surface area contributed by atoms with Gasteiger partial charge in [0.05, 0.1) is 7.11 Å². The van der Waals surface area contributed by atoms with Gasteiger partial charge in [0.1, 0.15) is 11.8 Å². The van der Waals surface area contributed by atoms with Gasteiger partial charge in [0.2, 0.25) is 0 Å². The lowest BCUT2D eigenvalue weighted by Gasteiger charge is -2.40. The third-order valence-electron chi connectivity index (χ3n) is 5.99. The van der Waals surface area contributed by atoms with Gasteiger partial charge >= 0.3 is 6.18 Å². The average molecular weight is 526 g/mol. The molecule has 0 amide bonds. The average Bonchev–Trinajstić information content (AvgIpc) is 3.49. The Labute approximate surface area is 187 Å². The molecule has 1 aliphatic heterocycles. The Morgan fingerprint density at radius 1 is 1.17 bits per heavy atom. The number of hydrogen-bond acceptors (Lipinski definition) is 3. The second-order valence-electron chi connectivity index (χ2n) is 7.65. The first-order chi connectivity index (χ1) is 13.3. The van der Waals surface area contributed by atoms with E-state index >= 15 is 0 Å². The number of guanidine groups is 1. The number of nitrogens with one attached hydrogen (secondary N) is 1. The number of ether oxygens (including phenoxy) is 1. The van der Waals surface area contributed by atoms with E-state index in [0.717, 1.165) is 31.1 Å². The summed E-state index contributed by atoms with van der Waals surface area (Å²) in [6, 6.07) is 6.76. The standard InChI is InChI=1S/C20H29F3N4O.HI/c1-15(20(21,22)23)26-10-12-27(13-11-26)18(24-2)25-14-19(8-9-19)16-4-6-17(28-3)7-5-16;/h4-7,15H,8-14H2,1-3H3,(H,24,25);1H. The lowest BCUT2D eigenvalue weighted by Crippen LogP contribution is -2.57. The zero-order valence-electron chi connectivity index (χ0n) is 17.1. The summed E-state index contributed by atoms with van der Waals surface area (Å²) in [5, 5.41) is 3.45. The van der Waals surface area contributed by atoms with Crippen LogP contribution >= 0.6 is 24.0 Å². The van der Waals surface area contributed by atoms with E-state index in [4.69, 9.17) is 4.74 Å². The highest BCUT2D eigenvalue weighted by molar-refractivity contribution is 14.0. The maximum Gasteiger partial charge on any atom is 0.403 e. The molecule has 1 aromatic rings. The van der Waals surface area contributed by atoms with Gasteiger partial charge in [0, 0.05) is 45.2 Å². The van der Waals surface area contributed by atoms with Crippen molar-refractivity contribution in [2.75, 3.05) is 46.9 Å². The smallest absolute Gasteiger partial charge is 0.403 e. The summed E-state index contributed by atoms with van der Waals surface area (Å²) in [4.78, 5) is 7.89. The van der Waals surface area contributed by atoms with Gasteiger partial charge in [-0.3, -0.25) is 9.89 Å². The molecular weight excluding hydrogens is 496 g/mol. The molecule has 1 N–H and O–H groups in total. The first-order valence-corrected chi connectivity index (χ1v) is 9.70. The summed E-state index contributed by atoms with van der Waals surface area (Å²) in [6.45, 7) is 3.83. The lowest BCUT2D eigenvalue weighted by molar-refractivity contribution is -0.181.